The van der Waals surface area contributed by atoms with Gasteiger partial charge in [-0.1, -0.05) is 102 Å². The molecule has 3 atom stereocenters. The quantitative estimate of drug-likeness (QED) is 0.144. The number of hydrogen-bond donors (Lipinski definition) is 2. The van der Waals surface area contributed by atoms with Gasteiger partial charge in [-0.05, 0) is 45.1 Å². The summed E-state index contributed by atoms with van der Waals surface area (Å²) in [4.78, 5) is 41.2. The second-order valence-corrected chi connectivity index (χ2v) is 14.0. The zero-order valence-electron chi connectivity index (χ0n) is 28.5. The molecule has 1 aromatic carbocycles. The van der Waals surface area contributed by atoms with Gasteiger partial charge >= 0.3 is 12.0 Å². The lowest BCUT2D eigenvalue weighted by Crippen LogP contribution is -2.56. The Balaban J connectivity index is 1.48. The van der Waals surface area contributed by atoms with Crippen LogP contribution < -0.4 is 10.6 Å². The van der Waals surface area contributed by atoms with Crippen molar-refractivity contribution in [1.29, 1.82) is 0 Å². The second kappa shape index (κ2) is 18.5. The van der Waals surface area contributed by atoms with E-state index in [9.17, 15) is 14.4 Å². The van der Waals surface area contributed by atoms with Gasteiger partial charge in [0.15, 0.2) is 5.79 Å². The second-order valence-electron chi connectivity index (χ2n) is 14.0. The van der Waals surface area contributed by atoms with E-state index in [0.717, 1.165) is 37.7 Å². The third kappa shape index (κ3) is 12.9. The van der Waals surface area contributed by atoms with Crippen molar-refractivity contribution < 1.29 is 28.6 Å². The van der Waals surface area contributed by atoms with Crippen LogP contribution in [0.1, 0.15) is 124 Å². The van der Waals surface area contributed by atoms with Crippen molar-refractivity contribution >= 4 is 17.9 Å². The van der Waals surface area contributed by atoms with Crippen LogP contribution in [0.15, 0.2) is 30.3 Å². The smallest absolute Gasteiger partial charge is 0.318 e. The Morgan fingerprint density at radius 1 is 0.933 bits per heavy atom. The molecular weight excluding hydrogens is 570 g/mol. The molecule has 0 spiro atoms. The lowest BCUT2D eigenvalue weighted by molar-refractivity contribution is -0.304. The molecule has 0 radical (unpaired) electrons. The molecule has 2 fully saturated rings. The number of nitrogens with one attached hydrogen (secondary N) is 2. The van der Waals surface area contributed by atoms with E-state index in [-0.39, 0.29) is 43.0 Å². The Bertz CT molecular complexity index is 1050. The van der Waals surface area contributed by atoms with Gasteiger partial charge in [-0.2, -0.15) is 0 Å². The summed E-state index contributed by atoms with van der Waals surface area (Å²) in [6.45, 7) is 11.5. The maximum Gasteiger partial charge on any atom is 0.318 e. The molecular formula is C36H59N3O6. The molecule has 1 aliphatic heterocycles. The first kappa shape index (κ1) is 36.8. The summed E-state index contributed by atoms with van der Waals surface area (Å²) in [6.07, 6.45) is 12.1. The molecule has 9 heteroatoms. The van der Waals surface area contributed by atoms with Crippen LogP contribution in [0, 0.1) is 5.41 Å². The van der Waals surface area contributed by atoms with E-state index in [0.29, 0.717) is 26.1 Å². The summed E-state index contributed by atoms with van der Waals surface area (Å²) in [6, 6.07) is 9.74. The van der Waals surface area contributed by atoms with E-state index in [2.05, 4.69) is 17.6 Å². The number of esters is 1. The van der Waals surface area contributed by atoms with Crippen LogP contribution in [-0.2, 0) is 30.3 Å². The minimum absolute atomic E-state index is 0.0501. The van der Waals surface area contributed by atoms with Gasteiger partial charge in [0.25, 0.3) is 0 Å². The molecule has 1 aromatic rings. The number of benzene rings is 1. The van der Waals surface area contributed by atoms with Crippen molar-refractivity contribution in [3.05, 3.63) is 35.9 Å². The maximum atomic E-state index is 13.6. The van der Waals surface area contributed by atoms with E-state index in [1.807, 2.05) is 49.1 Å². The number of urea groups is 1. The average Bonchev–Trinajstić information content (AvgIpc) is 3.00. The van der Waals surface area contributed by atoms with Crippen LogP contribution >= 0.6 is 0 Å². The number of carbonyl (C=O) groups is 3. The Labute approximate surface area is 271 Å². The first-order valence-electron chi connectivity index (χ1n) is 17.4. The fourth-order valence-electron chi connectivity index (χ4n) is 6.08. The van der Waals surface area contributed by atoms with Crippen molar-refractivity contribution in [1.82, 2.24) is 15.5 Å². The van der Waals surface area contributed by atoms with E-state index < -0.39 is 17.3 Å². The maximum absolute atomic E-state index is 13.6. The Hall–Kier alpha value is -2.65. The zero-order valence-corrected chi connectivity index (χ0v) is 28.5. The molecule has 45 heavy (non-hydrogen) atoms. The predicted octanol–water partition coefficient (Wildman–Crippen LogP) is 6.88. The highest BCUT2D eigenvalue weighted by molar-refractivity contribution is 5.82. The van der Waals surface area contributed by atoms with Crippen molar-refractivity contribution in [3.8, 4) is 0 Å². The molecule has 2 aliphatic rings. The highest BCUT2D eigenvalue weighted by atomic mass is 16.7. The van der Waals surface area contributed by atoms with E-state index >= 15 is 0 Å². The molecule has 0 aromatic heterocycles. The number of carbonyl (C=O) groups excluding carboxylic acids is 3. The normalized spacial score (nSPS) is 22.3. The van der Waals surface area contributed by atoms with Gasteiger partial charge in [-0.3, -0.25) is 9.59 Å². The zero-order chi connectivity index (χ0) is 32.7. The molecule has 3 amide bonds. The fraction of sp³-hybridized carbons (Fsp3) is 0.750. The third-order valence-electron chi connectivity index (χ3n) is 8.85. The molecule has 1 heterocycles. The van der Waals surface area contributed by atoms with Crippen LogP contribution in [0.3, 0.4) is 0 Å². The summed E-state index contributed by atoms with van der Waals surface area (Å²) >= 11 is 0. The van der Waals surface area contributed by atoms with Crippen molar-refractivity contribution in [2.75, 3.05) is 19.7 Å². The van der Waals surface area contributed by atoms with Crippen LogP contribution in [0.25, 0.3) is 0 Å². The molecule has 254 valence electrons. The van der Waals surface area contributed by atoms with Crippen LogP contribution in [0.4, 0.5) is 4.79 Å². The van der Waals surface area contributed by atoms with Crippen LogP contribution in [-0.4, -0.2) is 66.5 Å². The number of nitrogens with zero attached hydrogens (tertiary/aromatic N) is 1. The van der Waals surface area contributed by atoms with Gasteiger partial charge in [0.1, 0.15) is 12.2 Å². The van der Waals surface area contributed by atoms with Crippen LogP contribution in [0.2, 0.25) is 0 Å². The standard InChI is InChI=1S/C36H59N3O6/c1-6-7-8-9-10-11-12-18-25-39(26-28-19-14-13-15-20-28)34(42)38-29-21-16-17-22-30(29)44-31(40)23-24-37-33(41)32-35(2,3)27-43-36(4,5)45-32/h13-15,19-20,29-30,32H,6-12,16-18,21-27H2,1-5H3,(H,37,41)(H,38,42)/t29-,30-,32?/m0/s1. The Morgan fingerprint density at radius 2 is 1.60 bits per heavy atom. The number of ether oxygens (including phenoxy) is 3. The largest absolute Gasteiger partial charge is 0.460 e. The summed E-state index contributed by atoms with van der Waals surface area (Å²) in [5.41, 5.74) is 0.606. The van der Waals surface area contributed by atoms with E-state index in [4.69, 9.17) is 14.2 Å². The molecule has 1 aliphatic carbocycles. The number of amides is 3. The Kier molecular flexibility index (Phi) is 15.1. The molecule has 1 unspecified atom stereocenters. The minimum atomic E-state index is -0.846. The predicted molar refractivity (Wildman–Crippen MR) is 176 cm³/mol. The molecule has 3 rings (SSSR count). The summed E-state index contributed by atoms with van der Waals surface area (Å²) in [7, 11) is 0. The van der Waals surface area contributed by atoms with Gasteiger partial charge < -0.3 is 29.7 Å². The van der Waals surface area contributed by atoms with Gasteiger partial charge in [0.05, 0.1) is 19.1 Å². The van der Waals surface area contributed by atoms with Crippen molar-refractivity contribution in [2.45, 2.75) is 149 Å². The molecule has 1 saturated heterocycles. The number of rotatable bonds is 17. The van der Waals surface area contributed by atoms with Crippen LogP contribution in [0.5, 0.6) is 0 Å². The van der Waals surface area contributed by atoms with E-state index in [1.165, 1.54) is 38.5 Å². The third-order valence-corrected chi connectivity index (χ3v) is 8.85. The van der Waals surface area contributed by atoms with Gasteiger partial charge in [0.2, 0.25) is 5.91 Å². The fourth-order valence-corrected chi connectivity index (χ4v) is 6.08. The van der Waals surface area contributed by atoms with Crippen molar-refractivity contribution in [3.63, 3.8) is 0 Å². The molecule has 2 N–H and O–H groups in total. The van der Waals surface area contributed by atoms with E-state index in [1.54, 1.807) is 13.8 Å². The lowest BCUT2D eigenvalue weighted by Gasteiger charge is -2.44. The highest BCUT2D eigenvalue weighted by Crippen LogP contribution is 2.34. The number of hydrogen-bond acceptors (Lipinski definition) is 6. The lowest BCUT2D eigenvalue weighted by atomic mass is 9.85. The minimum Gasteiger partial charge on any atom is -0.460 e. The average molecular weight is 630 g/mol. The number of unbranched alkanes of at least 4 members (excludes halogenated alkanes) is 7. The summed E-state index contributed by atoms with van der Waals surface area (Å²) in [5, 5.41) is 6.06. The Morgan fingerprint density at radius 3 is 2.31 bits per heavy atom. The van der Waals surface area contributed by atoms with Crippen molar-refractivity contribution in [2.24, 2.45) is 5.41 Å². The van der Waals surface area contributed by atoms with Gasteiger partial charge in [-0.25, -0.2) is 4.79 Å². The highest BCUT2D eigenvalue weighted by Gasteiger charge is 2.45. The topological polar surface area (TPSA) is 106 Å². The SMILES string of the molecule is CCCCCCCCCCN(Cc1ccccc1)C(=O)N[C@H]1CCCC[C@@H]1OC(=O)CCNC(=O)C1OC(C)(C)OCC1(C)C. The van der Waals surface area contributed by atoms with Gasteiger partial charge in [-0.15, -0.1) is 0 Å². The first-order chi connectivity index (χ1) is 21.5. The summed E-state index contributed by atoms with van der Waals surface area (Å²) < 4.78 is 17.5. The first-order valence-corrected chi connectivity index (χ1v) is 17.4. The summed E-state index contributed by atoms with van der Waals surface area (Å²) in [5.74, 6) is -1.49. The monoisotopic (exact) mass is 629 g/mol. The molecule has 9 nitrogen and oxygen atoms in total. The van der Waals surface area contributed by atoms with Gasteiger partial charge in [0, 0.05) is 25.0 Å². The molecule has 0 bridgehead atoms. The molecule has 1 saturated carbocycles.